The number of hydrogen-bond donors (Lipinski definition) is 2. The van der Waals surface area contributed by atoms with Gasteiger partial charge in [-0.05, 0) is 69.6 Å². The van der Waals surface area contributed by atoms with Crippen LogP contribution < -0.4 is 0 Å². The van der Waals surface area contributed by atoms with Gasteiger partial charge in [0.15, 0.2) is 5.75 Å². The van der Waals surface area contributed by atoms with Crippen molar-refractivity contribution in [1.29, 1.82) is 0 Å². The van der Waals surface area contributed by atoms with Gasteiger partial charge in [-0.3, -0.25) is 9.35 Å². The lowest BCUT2D eigenvalue weighted by Gasteiger charge is -2.65. The lowest BCUT2D eigenvalue weighted by atomic mass is 9.41. The monoisotopic (exact) mass is 346 g/mol. The largest absolute Gasteiger partial charge is 0.464 e. The van der Waals surface area contributed by atoms with Gasteiger partial charge in [0.2, 0.25) is 0 Å². The fourth-order valence-electron chi connectivity index (χ4n) is 5.76. The Morgan fingerprint density at radius 2 is 1.78 bits per heavy atom. The molecule has 4 bridgehead atoms. The molecule has 0 aromatic heterocycles. The molecule has 2 N–H and O–H groups in total. The van der Waals surface area contributed by atoms with Crippen molar-refractivity contribution in [2.24, 2.45) is 22.7 Å². The fraction of sp³-hybridized carbons (Fsp3) is 0.938. The van der Waals surface area contributed by atoms with E-state index in [2.05, 4.69) is 0 Å². The number of aliphatic hydroxyl groups is 1. The Balaban J connectivity index is 1.74. The fourth-order valence-corrected chi connectivity index (χ4v) is 6.14. The first kappa shape index (κ1) is 17.2. The maximum absolute atomic E-state index is 11.6. The highest BCUT2D eigenvalue weighted by Crippen LogP contribution is 2.68. The van der Waals surface area contributed by atoms with Crippen molar-refractivity contribution in [3.05, 3.63) is 0 Å². The van der Waals surface area contributed by atoms with Crippen molar-refractivity contribution < 1.29 is 27.6 Å². The predicted molar refractivity (Wildman–Crippen MR) is 83.2 cm³/mol. The number of ether oxygens (including phenoxy) is 1. The molecule has 0 radical (unpaired) electrons. The van der Waals surface area contributed by atoms with Crippen molar-refractivity contribution in [2.75, 3.05) is 12.4 Å². The average molecular weight is 346 g/mol. The Morgan fingerprint density at radius 3 is 2.26 bits per heavy atom. The second kappa shape index (κ2) is 5.17. The highest BCUT2D eigenvalue weighted by molar-refractivity contribution is 7.86. The van der Waals surface area contributed by atoms with Gasteiger partial charge in [-0.15, -0.1) is 0 Å². The quantitative estimate of drug-likeness (QED) is 0.581. The molecule has 23 heavy (non-hydrogen) atoms. The van der Waals surface area contributed by atoms with Crippen molar-refractivity contribution in [1.82, 2.24) is 0 Å². The third kappa shape index (κ3) is 3.28. The smallest absolute Gasteiger partial charge is 0.323 e. The molecule has 0 aromatic carbocycles. The Kier molecular flexibility index (Phi) is 3.86. The molecular formula is C16H26O6S. The van der Waals surface area contributed by atoms with E-state index in [0.717, 1.165) is 32.1 Å². The molecule has 4 aliphatic rings. The topological polar surface area (TPSA) is 101 Å². The molecule has 4 aliphatic carbocycles. The van der Waals surface area contributed by atoms with Crippen LogP contribution in [0, 0.1) is 22.7 Å². The number of carbonyl (C=O) groups excluding carboxylic acids is 1. The Labute approximate surface area is 137 Å². The van der Waals surface area contributed by atoms with Gasteiger partial charge < -0.3 is 9.84 Å². The van der Waals surface area contributed by atoms with Crippen molar-refractivity contribution in [3.8, 4) is 0 Å². The highest BCUT2D eigenvalue weighted by atomic mass is 32.2. The van der Waals surface area contributed by atoms with Gasteiger partial charge in [-0.1, -0.05) is 0 Å². The third-order valence-corrected chi connectivity index (χ3v) is 6.92. The molecule has 2 atom stereocenters. The summed E-state index contributed by atoms with van der Waals surface area (Å²) in [5.41, 5.74) is -1.06. The van der Waals surface area contributed by atoms with Crippen LogP contribution in [-0.4, -0.2) is 42.0 Å². The molecule has 4 saturated carbocycles. The number of esters is 1. The summed E-state index contributed by atoms with van der Waals surface area (Å²) >= 11 is 0. The van der Waals surface area contributed by atoms with Crippen LogP contribution in [0.1, 0.15) is 52.4 Å². The second-order valence-corrected chi connectivity index (χ2v) is 10.1. The summed E-state index contributed by atoms with van der Waals surface area (Å²) in [7, 11) is -4.35. The van der Waals surface area contributed by atoms with Gasteiger partial charge >= 0.3 is 5.97 Å². The summed E-state index contributed by atoms with van der Waals surface area (Å²) in [6.07, 6.45) is 5.98. The first-order valence-electron chi connectivity index (χ1n) is 8.25. The van der Waals surface area contributed by atoms with Gasteiger partial charge in [0.1, 0.15) is 0 Å². The van der Waals surface area contributed by atoms with E-state index in [9.17, 15) is 18.3 Å². The zero-order valence-corrected chi connectivity index (χ0v) is 14.6. The zero-order valence-electron chi connectivity index (χ0n) is 13.7. The maximum atomic E-state index is 11.6. The van der Waals surface area contributed by atoms with E-state index in [1.54, 1.807) is 0 Å². The summed E-state index contributed by atoms with van der Waals surface area (Å²) in [6.45, 7) is 3.93. The van der Waals surface area contributed by atoms with Crippen LogP contribution in [0.3, 0.4) is 0 Å². The SMILES string of the molecule is CC(C)(O)C12CC3CC(CC(COC(=O)CS(=O)(=O)O)(C3)C1)C2. The van der Waals surface area contributed by atoms with E-state index in [1.807, 2.05) is 13.8 Å². The number of carbonyl (C=O) groups is 1. The molecule has 0 aliphatic heterocycles. The van der Waals surface area contributed by atoms with Gasteiger partial charge in [0.25, 0.3) is 10.1 Å². The molecule has 4 fully saturated rings. The molecule has 0 spiro atoms. The molecule has 2 unspecified atom stereocenters. The van der Waals surface area contributed by atoms with E-state index in [0.29, 0.717) is 11.8 Å². The normalized spacial score (nSPS) is 39.5. The van der Waals surface area contributed by atoms with Crippen LogP contribution in [0.5, 0.6) is 0 Å². The lowest BCUT2D eigenvalue weighted by molar-refractivity contribution is -0.205. The van der Waals surface area contributed by atoms with Crippen molar-refractivity contribution >= 4 is 16.1 Å². The third-order valence-electron chi connectivity index (χ3n) is 6.32. The molecule has 0 heterocycles. The van der Waals surface area contributed by atoms with E-state index in [-0.39, 0.29) is 17.4 Å². The van der Waals surface area contributed by atoms with E-state index >= 15 is 0 Å². The summed E-state index contributed by atoms with van der Waals surface area (Å²) in [5.74, 6) is -0.807. The highest BCUT2D eigenvalue weighted by Gasteiger charge is 2.62. The van der Waals surface area contributed by atoms with Crippen LogP contribution in [0.2, 0.25) is 0 Å². The molecule has 132 valence electrons. The first-order chi connectivity index (χ1) is 10.4. The van der Waals surface area contributed by atoms with Gasteiger partial charge in [0, 0.05) is 5.41 Å². The lowest BCUT2D eigenvalue weighted by Crippen LogP contribution is -2.60. The predicted octanol–water partition coefficient (Wildman–Crippen LogP) is 1.77. The minimum atomic E-state index is -4.35. The second-order valence-electron chi connectivity index (χ2n) is 8.69. The molecule has 7 heteroatoms. The van der Waals surface area contributed by atoms with E-state index in [1.165, 1.54) is 6.42 Å². The standard InChI is InChI=1S/C16H26O6S/c1-14(2,18)16-6-11-3-12(7-16)5-15(4-11,9-16)10-22-13(17)8-23(19,20)21/h11-12,18H,3-10H2,1-2H3,(H,19,20,21). The maximum Gasteiger partial charge on any atom is 0.323 e. The van der Waals surface area contributed by atoms with Crippen LogP contribution in [-0.2, 0) is 19.6 Å². The molecule has 4 rings (SSSR count). The molecule has 0 saturated heterocycles. The summed E-state index contributed by atoms with van der Waals surface area (Å²) < 4.78 is 35.5. The van der Waals surface area contributed by atoms with Gasteiger partial charge in [-0.25, -0.2) is 0 Å². The molecular weight excluding hydrogens is 320 g/mol. The van der Waals surface area contributed by atoms with Gasteiger partial charge in [0.05, 0.1) is 12.2 Å². The average Bonchev–Trinajstić information content (AvgIpc) is 2.31. The van der Waals surface area contributed by atoms with Crippen molar-refractivity contribution in [3.63, 3.8) is 0 Å². The van der Waals surface area contributed by atoms with Gasteiger partial charge in [-0.2, -0.15) is 8.42 Å². The van der Waals surface area contributed by atoms with E-state index in [4.69, 9.17) is 9.29 Å². The van der Waals surface area contributed by atoms with Crippen LogP contribution in [0.25, 0.3) is 0 Å². The molecule has 0 amide bonds. The molecule has 0 aromatic rings. The van der Waals surface area contributed by atoms with E-state index < -0.39 is 27.4 Å². The zero-order chi connectivity index (χ0) is 17.1. The van der Waals surface area contributed by atoms with Crippen molar-refractivity contribution in [2.45, 2.75) is 58.0 Å². The number of hydrogen-bond acceptors (Lipinski definition) is 5. The first-order valence-corrected chi connectivity index (χ1v) is 9.86. The minimum Gasteiger partial charge on any atom is -0.464 e. The van der Waals surface area contributed by atoms with Crippen LogP contribution >= 0.6 is 0 Å². The summed E-state index contributed by atoms with van der Waals surface area (Å²) in [5, 5.41) is 10.7. The minimum absolute atomic E-state index is 0.132. The van der Waals surface area contributed by atoms with Crippen LogP contribution in [0.4, 0.5) is 0 Å². The molecule has 6 nitrogen and oxygen atoms in total. The number of rotatable bonds is 5. The Bertz CT molecular complexity index is 589. The Hall–Kier alpha value is -0.660. The van der Waals surface area contributed by atoms with Crippen LogP contribution in [0.15, 0.2) is 0 Å². The summed E-state index contributed by atoms with van der Waals surface area (Å²) in [6, 6.07) is 0. The Morgan fingerprint density at radius 1 is 1.22 bits per heavy atom. The summed E-state index contributed by atoms with van der Waals surface area (Å²) in [4.78, 5) is 11.6.